The van der Waals surface area contributed by atoms with Crippen LogP contribution in [-0.4, -0.2) is 26.1 Å². The summed E-state index contributed by atoms with van der Waals surface area (Å²) in [5.74, 6) is 1.00. The van der Waals surface area contributed by atoms with Gasteiger partial charge < -0.3 is 18.6 Å². The number of benzene rings is 1. The number of hydrogen-bond acceptors (Lipinski definition) is 7. The molecule has 124 valence electrons. The second-order valence-electron chi connectivity index (χ2n) is 4.82. The monoisotopic (exact) mass is 346 g/mol. The number of ether oxygens (including phenoxy) is 3. The molecule has 3 rings (SSSR count). The standard InChI is InChI=1S/C17H14O6S/c1-20-16(18)15-14(24-2)8-11(23-17(15)19)5-3-10-4-6-12-13(7-10)22-9-21-12/h3-8H,9H2,1-2H3/b5-3+. The fraction of sp³-hybridized carbons (Fsp3) is 0.176. The summed E-state index contributed by atoms with van der Waals surface area (Å²) in [5, 5.41) is 0. The highest BCUT2D eigenvalue weighted by Crippen LogP contribution is 2.33. The summed E-state index contributed by atoms with van der Waals surface area (Å²) in [5.41, 5.74) is 0.0499. The Labute approximate surface area is 142 Å². The van der Waals surface area contributed by atoms with Crippen molar-refractivity contribution in [1.29, 1.82) is 0 Å². The minimum absolute atomic E-state index is 0.0924. The van der Waals surface area contributed by atoms with Crippen LogP contribution in [0.5, 0.6) is 11.5 Å². The van der Waals surface area contributed by atoms with Crippen LogP contribution in [-0.2, 0) is 4.74 Å². The molecule has 0 fully saturated rings. The van der Waals surface area contributed by atoms with Gasteiger partial charge in [0.25, 0.3) is 0 Å². The Morgan fingerprint density at radius 3 is 2.75 bits per heavy atom. The van der Waals surface area contributed by atoms with Crippen molar-refractivity contribution < 1.29 is 23.4 Å². The minimum atomic E-state index is -0.723. The molecule has 0 unspecified atom stereocenters. The lowest BCUT2D eigenvalue weighted by Gasteiger charge is -2.04. The normalized spacial score (nSPS) is 12.6. The van der Waals surface area contributed by atoms with Gasteiger partial charge in [-0.15, -0.1) is 11.8 Å². The zero-order valence-corrected chi connectivity index (χ0v) is 13.8. The third-order valence-electron chi connectivity index (χ3n) is 3.38. The fourth-order valence-corrected chi connectivity index (χ4v) is 2.82. The van der Waals surface area contributed by atoms with Crippen LogP contribution >= 0.6 is 11.8 Å². The van der Waals surface area contributed by atoms with E-state index in [-0.39, 0.29) is 12.4 Å². The third kappa shape index (κ3) is 3.16. The van der Waals surface area contributed by atoms with E-state index >= 15 is 0 Å². The van der Waals surface area contributed by atoms with Crippen LogP contribution in [0.3, 0.4) is 0 Å². The summed E-state index contributed by atoms with van der Waals surface area (Å²) in [6, 6.07) is 7.13. The minimum Gasteiger partial charge on any atom is -0.465 e. The molecule has 0 N–H and O–H groups in total. The second-order valence-corrected chi connectivity index (χ2v) is 5.67. The number of esters is 1. The molecule has 0 amide bonds. The molecule has 1 aliphatic rings. The molecule has 1 aromatic heterocycles. The predicted molar refractivity (Wildman–Crippen MR) is 89.6 cm³/mol. The lowest BCUT2D eigenvalue weighted by molar-refractivity contribution is 0.0591. The number of thioether (sulfide) groups is 1. The van der Waals surface area contributed by atoms with Gasteiger partial charge in [-0.25, -0.2) is 9.59 Å². The van der Waals surface area contributed by atoms with Gasteiger partial charge in [0.1, 0.15) is 5.76 Å². The number of methoxy groups -OCH3 is 1. The van der Waals surface area contributed by atoms with E-state index in [0.717, 1.165) is 5.56 Å². The lowest BCUT2D eigenvalue weighted by Crippen LogP contribution is -2.17. The Bertz CT molecular complexity index is 868. The van der Waals surface area contributed by atoms with Crippen molar-refractivity contribution in [1.82, 2.24) is 0 Å². The molecule has 0 saturated carbocycles. The van der Waals surface area contributed by atoms with Crippen LogP contribution in [0, 0.1) is 0 Å². The molecule has 6 nitrogen and oxygen atoms in total. The van der Waals surface area contributed by atoms with E-state index in [4.69, 9.17) is 13.9 Å². The molecule has 0 aliphatic carbocycles. The van der Waals surface area contributed by atoms with E-state index in [0.29, 0.717) is 22.2 Å². The second kappa shape index (κ2) is 6.84. The van der Waals surface area contributed by atoms with Gasteiger partial charge in [-0.1, -0.05) is 12.1 Å². The highest BCUT2D eigenvalue weighted by Gasteiger charge is 2.19. The molecule has 2 aromatic rings. The predicted octanol–water partition coefficient (Wildman–Crippen LogP) is 3.05. The molecule has 7 heteroatoms. The first kappa shape index (κ1) is 16.2. The van der Waals surface area contributed by atoms with Crippen LogP contribution < -0.4 is 15.1 Å². The van der Waals surface area contributed by atoms with E-state index in [2.05, 4.69) is 4.74 Å². The van der Waals surface area contributed by atoms with E-state index in [1.165, 1.54) is 18.9 Å². The molecular weight excluding hydrogens is 332 g/mol. The van der Waals surface area contributed by atoms with Crippen molar-refractivity contribution in [3.63, 3.8) is 0 Å². The average molecular weight is 346 g/mol. The maximum absolute atomic E-state index is 12.0. The highest BCUT2D eigenvalue weighted by atomic mass is 32.2. The van der Waals surface area contributed by atoms with E-state index < -0.39 is 11.6 Å². The summed E-state index contributed by atoms with van der Waals surface area (Å²) >= 11 is 1.27. The Hall–Kier alpha value is -2.67. The Morgan fingerprint density at radius 1 is 1.21 bits per heavy atom. The first-order valence-electron chi connectivity index (χ1n) is 7.00. The molecule has 1 aliphatic heterocycles. The molecule has 0 spiro atoms. The van der Waals surface area contributed by atoms with Gasteiger partial charge in [-0.3, -0.25) is 0 Å². The highest BCUT2D eigenvalue weighted by molar-refractivity contribution is 7.98. The maximum atomic E-state index is 12.0. The maximum Gasteiger partial charge on any atom is 0.352 e. The largest absolute Gasteiger partial charge is 0.465 e. The van der Waals surface area contributed by atoms with Gasteiger partial charge in [0, 0.05) is 4.90 Å². The Kier molecular flexibility index (Phi) is 4.61. The van der Waals surface area contributed by atoms with Gasteiger partial charge in [0.05, 0.1) is 7.11 Å². The van der Waals surface area contributed by atoms with Crippen LogP contribution in [0.1, 0.15) is 21.7 Å². The summed E-state index contributed by atoms with van der Waals surface area (Å²) in [4.78, 5) is 24.2. The van der Waals surface area contributed by atoms with Gasteiger partial charge in [0.2, 0.25) is 6.79 Å². The molecule has 1 aromatic carbocycles. The molecule has 0 saturated heterocycles. The summed E-state index contributed by atoms with van der Waals surface area (Å²) < 4.78 is 20.4. The number of rotatable bonds is 4. The number of carbonyl (C=O) groups excluding carboxylic acids is 1. The topological polar surface area (TPSA) is 75.0 Å². The van der Waals surface area contributed by atoms with Crippen molar-refractivity contribution in [2.45, 2.75) is 4.90 Å². The van der Waals surface area contributed by atoms with Crippen molar-refractivity contribution in [3.05, 3.63) is 51.6 Å². The van der Waals surface area contributed by atoms with Crippen LogP contribution in [0.25, 0.3) is 12.2 Å². The van der Waals surface area contributed by atoms with Crippen LogP contribution in [0.2, 0.25) is 0 Å². The van der Waals surface area contributed by atoms with Crippen molar-refractivity contribution in [2.75, 3.05) is 20.2 Å². The van der Waals surface area contributed by atoms with Gasteiger partial charge in [0.15, 0.2) is 17.1 Å². The molecule has 24 heavy (non-hydrogen) atoms. The zero-order valence-electron chi connectivity index (χ0n) is 13.0. The average Bonchev–Trinajstić information content (AvgIpc) is 3.06. The van der Waals surface area contributed by atoms with Crippen LogP contribution in [0.15, 0.2) is 38.4 Å². The van der Waals surface area contributed by atoms with Gasteiger partial charge in [-0.05, 0) is 36.1 Å². The Morgan fingerprint density at radius 2 is 2.00 bits per heavy atom. The van der Waals surface area contributed by atoms with Crippen molar-refractivity contribution in [2.24, 2.45) is 0 Å². The van der Waals surface area contributed by atoms with E-state index in [9.17, 15) is 9.59 Å². The smallest absolute Gasteiger partial charge is 0.352 e. The molecular formula is C17H14O6S. The zero-order chi connectivity index (χ0) is 17.1. The van der Waals surface area contributed by atoms with Gasteiger partial charge >= 0.3 is 11.6 Å². The van der Waals surface area contributed by atoms with E-state index in [1.54, 1.807) is 24.5 Å². The lowest BCUT2D eigenvalue weighted by atomic mass is 10.1. The Balaban J connectivity index is 1.91. The number of fused-ring (bicyclic) bond motifs is 1. The van der Waals surface area contributed by atoms with Gasteiger partial charge in [-0.2, -0.15) is 0 Å². The number of carbonyl (C=O) groups is 1. The first-order valence-corrected chi connectivity index (χ1v) is 8.23. The quantitative estimate of drug-likeness (QED) is 0.622. The summed E-state index contributed by atoms with van der Waals surface area (Å²) in [6.07, 6.45) is 5.20. The molecule has 0 atom stereocenters. The molecule has 0 bridgehead atoms. The molecule has 2 heterocycles. The van der Waals surface area contributed by atoms with Crippen molar-refractivity contribution in [3.8, 4) is 11.5 Å². The summed E-state index contributed by atoms with van der Waals surface area (Å²) in [6.45, 7) is 0.212. The van der Waals surface area contributed by atoms with Crippen molar-refractivity contribution >= 4 is 29.9 Å². The van der Waals surface area contributed by atoms with Crippen LogP contribution in [0.4, 0.5) is 0 Å². The van der Waals surface area contributed by atoms with E-state index in [1.807, 2.05) is 18.2 Å². The number of hydrogen-bond donors (Lipinski definition) is 0. The first-order chi connectivity index (χ1) is 11.6. The third-order valence-corrected chi connectivity index (χ3v) is 4.14. The summed E-state index contributed by atoms with van der Waals surface area (Å²) in [7, 11) is 1.22. The fourth-order valence-electron chi connectivity index (χ4n) is 2.21. The molecule has 0 radical (unpaired) electrons. The SMILES string of the molecule is COC(=O)c1c(SC)cc(/C=C/c2ccc3c(c2)OCO3)oc1=O.